The lowest BCUT2D eigenvalue weighted by Gasteiger charge is -2.20. The Kier molecular flexibility index (Phi) is 4.53. The highest BCUT2D eigenvalue weighted by Gasteiger charge is 2.27. The van der Waals surface area contributed by atoms with Crippen LogP contribution in [0.25, 0.3) is 0 Å². The van der Waals surface area contributed by atoms with E-state index in [9.17, 15) is 10.1 Å². The maximum absolute atomic E-state index is 11.3. The summed E-state index contributed by atoms with van der Waals surface area (Å²) < 4.78 is 6.93. The predicted octanol–water partition coefficient (Wildman–Crippen LogP) is 2.29. The van der Waals surface area contributed by atoms with Crippen LogP contribution in [0, 0.1) is 30.9 Å². The third kappa shape index (κ3) is 2.96. The minimum absolute atomic E-state index is 0.0201. The van der Waals surface area contributed by atoms with E-state index in [0.29, 0.717) is 18.1 Å². The maximum atomic E-state index is 11.3. The summed E-state index contributed by atoms with van der Waals surface area (Å²) >= 11 is 0. The van der Waals surface area contributed by atoms with E-state index in [1.807, 2.05) is 13.8 Å². The standard InChI is InChI=1S/C15H21N5O3/c1-9-7-16-12(10(2)14(9)23-6)8-18(4)15-13(20(21)22)11(3)17-19(15)5/h7H,8H2,1-6H3. The van der Waals surface area contributed by atoms with Gasteiger partial charge < -0.3 is 9.64 Å². The zero-order chi connectivity index (χ0) is 17.3. The Labute approximate surface area is 134 Å². The molecule has 0 saturated heterocycles. The molecule has 2 aromatic rings. The van der Waals surface area contributed by atoms with Crippen molar-refractivity contribution in [1.29, 1.82) is 0 Å². The molecule has 8 heteroatoms. The third-order valence-corrected chi connectivity index (χ3v) is 3.84. The van der Waals surface area contributed by atoms with E-state index in [2.05, 4.69) is 10.1 Å². The zero-order valence-corrected chi connectivity index (χ0v) is 14.2. The number of methoxy groups -OCH3 is 1. The smallest absolute Gasteiger partial charge is 0.333 e. The lowest BCUT2D eigenvalue weighted by atomic mass is 10.1. The molecule has 0 atom stereocenters. The molecule has 0 aliphatic rings. The Morgan fingerprint density at radius 3 is 2.61 bits per heavy atom. The van der Waals surface area contributed by atoms with Gasteiger partial charge in [-0.15, -0.1) is 0 Å². The number of nitro groups is 1. The highest BCUT2D eigenvalue weighted by molar-refractivity contribution is 5.61. The third-order valence-electron chi connectivity index (χ3n) is 3.84. The Morgan fingerprint density at radius 2 is 2.04 bits per heavy atom. The van der Waals surface area contributed by atoms with Gasteiger partial charge in [0.25, 0.3) is 0 Å². The Morgan fingerprint density at radius 1 is 1.39 bits per heavy atom. The van der Waals surface area contributed by atoms with Gasteiger partial charge in [0, 0.05) is 31.4 Å². The Bertz CT molecular complexity index is 754. The number of anilines is 1. The second-order valence-electron chi connectivity index (χ2n) is 5.54. The van der Waals surface area contributed by atoms with Crippen molar-refractivity contribution >= 4 is 11.5 Å². The van der Waals surface area contributed by atoms with E-state index >= 15 is 0 Å². The summed E-state index contributed by atoms with van der Waals surface area (Å²) in [6.45, 7) is 5.92. The van der Waals surface area contributed by atoms with Crippen molar-refractivity contribution in [3.8, 4) is 5.75 Å². The fourth-order valence-corrected chi connectivity index (χ4v) is 2.81. The highest BCUT2D eigenvalue weighted by Crippen LogP contribution is 2.32. The average molecular weight is 319 g/mol. The van der Waals surface area contributed by atoms with Gasteiger partial charge in [-0.2, -0.15) is 5.10 Å². The molecule has 2 aromatic heterocycles. The van der Waals surface area contributed by atoms with Gasteiger partial charge in [-0.1, -0.05) is 0 Å². The lowest BCUT2D eigenvalue weighted by molar-refractivity contribution is -0.384. The summed E-state index contributed by atoms with van der Waals surface area (Å²) in [5.41, 5.74) is 3.11. The Balaban J connectivity index is 2.41. The average Bonchev–Trinajstić information content (AvgIpc) is 2.77. The fraction of sp³-hybridized carbons (Fsp3) is 0.467. The first kappa shape index (κ1) is 16.7. The molecule has 0 aliphatic heterocycles. The van der Waals surface area contributed by atoms with Crippen LogP contribution in [0.15, 0.2) is 6.20 Å². The summed E-state index contributed by atoms with van der Waals surface area (Å²) in [7, 11) is 5.11. The maximum Gasteiger partial charge on any atom is 0.333 e. The summed E-state index contributed by atoms with van der Waals surface area (Å²) in [5, 5.41) is 15.5. The van der Waals surface area contributed by atoms with Crippen molar-refractivity contribution in [3.05, 3.63) is 38.8 Å². The second kappa shape index (κ2) is 6.23. The van der Waals surface area contributed by atoms with Crippen LogP contribution in [0.4, 0.5) is 11.5 Å². The molecule has 0 radical (unpaired) electrons. The van der Waals surface area contributed by atoms with Crippen LogP contribution in [-0.2, 0) is 13.6 Å². The van der Waals surface area contributed by atoms with Gasteiger partial charge >= 0.3 is 5.69 Å². The van der Waals surface area contributed by atoms with E-state index in [1.165, 1.54) is 4.68 Å². The largest absolute Gasteiger partial charge is 0.496 e. The van der Waals surface area contributed by atoms with E-state index < -0.39 is 4.92 Å². The van der Waals surface area contributed by atoms with E-state index in [-0.39, 0.29) is 5.69 Å². The highest BCUT2D eigenvalue weighted by atomic mass is 16.6. The monoisotopic (exact) mass is 319 g/mol. The van der Waals surface area contributed by atoms with Crippen LogP contribution in [0.2, 0.25) is 0 Å². The molecule has 0 aliphatic carbocycles. The van der Waals surface area contributed by atoms with E-state index in [0.717, 1.165) is 22.6 Å². The topological polar surface area (TPSA) is 86.3 Å². The SMILES string of the molecule is COc1c(C)cnc(CN(C)c2c([N+](=O)[O-])c(C)nn2C)c1C. The number of pyridine rings is 1. The Hall–Kier alpha value is -2.64. The van der Waals surface area contributed by atoms with Crippen LogP contribution in [0.3, 0.4) is 0 Å². The first-order chi connectivity index (χ1) is 10.8. The molecule has 0 spiro atoms. The molecular weight excluding hydrogens is 298 g/mol. The van der Waals surface area contributed by atoms with Crippen molar-refractivity contribution < 1.29 is 9.66 Å². The van der Waals surface area contributed by atoms with Crippen LogP contribution < -0.4 is 9.64 Å². The number of hydrogen-bond donors (Lipinski definition) is 0. The minimum Gasteiger partial charge on any atom is -0.496 e. The molecule has 8 nitrogen and oxygen atoms in total. The lowest BCUT2D eigenvalue weighted by Crippen LogP contribution is -2.22. The van der Waals surface area contributed by atoms with Crippen LogP contribution in [0.5, 0.6) is 5.75 Å². The number of aromatic nitrogens is 3. The van der Waals surface area contributed by atoms with Crippen LogP contribution >= 0.6 is 0 Å². The van der Waals surface area contributed by atoms with Crippen molar-refractivity contribution in [2.45, 2.75) is 27.3 Å². The normalized spacial score (nSPS) is 10.7. The minimum atomic E-state index is -0.399. The summed E-state index contributed by atoms with van der Waals surface area (Å²) in [6, 6.07) is 0. The molecule has 2 heterocycles. The quantitative estimate of drug-likeness (QED) is 0.621. The van der Waals surface area contributed by atoms with Gasteiger partial charge in [-0.3, -0.25) is 15.1 Å². The van der Waals surface area contributed by atoms with Crippen LogP contribution in [0.1, 0.15) is 22.5 Å². The van der Waals surface area contributed by atoms with Crippen LogP contribution in [-0.4, -0.2) is 33.8 Å². The van der Waals surface area contributed by atoms with E-state index in [4.69, 9.17) is 4.74 Å². The van der Waals surface area contributed by atoms with Crippen molar-refractivity contribution in [2.75, 3.05) is 19.1 Å². The van der Waals surface area contributed by atoms with Crippen molar-refractivity contribution in [1.82, 2.24) is 14.8 Å². The van der Waals surface area contributed by atoms with E-state index in [1.54, 1.807) is 39.2 Å². The number of aryl methyl sites for hydroxylation is 3. The molecule has 2 rings (SSSR count). The summed E-state index contributed by atoms with van der Waals surface area (Å²) in [5.74, 6) is 1.24. The summed E-state index contributed by atoms with van der Waals surface area (Å²) in [4.78, 5) is 17.1. The fourth-order valence-electron chi connectivity index (χ4n) is 2.81. The predicted molar refractivity (Wildman–Crippen MR) is 87.0 cm³/mol. The molecule has 0 saturated carbocycles. The molecule has 0 bridgehead atoms. The molecule has 0 fully saturated rings. The molecule has 124 valence electrons. The molecule has 0 aromatic carbocycles. The van der Waals surface area contributed by atoms with Gasteiger partial charge in [0.1, 0.15) is 11.4 Å². The molecule has 0 N–H and O–H groups in total. The molecule has 0 amide bonds. The first-order valence-corrected chi connectivity index (χ1v) is 7.16. The van der Waals surface area contributed by atoms with Gasteiger partial charge in [-0.25, -0.2) is 4.68 Å². The number of rotatable bonds is 5. The molecule has 23 heavy (non-hydrogen) atoms. The molecule has 0 unspecified atom stereocenters. The first-order valence-electron chi connectivity index (χ1n) is 7.16. The molecular formula is C15H21N5O3. The van der Waals surface area contributed by atoms with Crippen molar-refractivity contribution in [2.24, 2.45) is 7.05 Å². The number of nitrogens with zero attached hydrogens (tertiary/aromatic N) is 5. The zero-order valence-electron chi connectivity index (χ0n) is 14.2. The number of ether oxygens (including phenoxy) is 1. The van der Waals surface area contributed by atoms with Gasteiger partial charge in [-0.05, 0) is 20.8 Å². The van der Waals surface area contributed by atoms with Gasteiger partial charge in [0.2, 0.25) is 5.82 Å². The number of hydrogen-bond acceptors (Lipinski definition) is 6. The van der Waals surface area contributed by atoms with Gasteiger partial charge in [0.05, 0.1) is 24.3 Å². The van der Waals surface area contributed by atoms with Gasteiger partial charge in [0.15, 0.2) is 0 Å². The summed E-state index contributed by atoms with van der Waals surface area (Å²) in [6.07, 6.45) is 1.75. The van der Waals surface area contributed by atoms with Crippen molar-refractivity contribution in [3.63, 3.8) is 0 Å². The second-order valence-corrected chi connectivity index (χ2v) is 5.54.